The Hall–Kier alpha value is -1.32. The van der Waals surface area contributed by atoms with Crippen LogP contribution in [0.1, 0.15) is 26.2 Å². The first kappa shape index (κ1) is 10.8. The van der Waals surface area contributed by atoms with Crippen LogP contribution in [0.5, 0.6) is 0 Å². The van der Waals surface area contributed by atoms with Crippen molar-refractivity contribution < 1.29 is 14.7 Å². The molecule has 4 heteroatoms. The van der Waals surface area contributed by atoms with E-state index in [9.17, 15) is 9.59 Å². The number of carbonyl (C=O) groups excluding carboxylic acids is 1. The van der Waals surface area contributed by atoms with Gasteiger partial charge < -0.3 is 10.4 Å². The molecule has 0 bridgehead atoms. The van der Waals surface area contributed by atoms with Gasteiger partial charge >= 0.3 is 5.97 Å². The summed E-state index contributed by atoms with van der Waals surface area (Å²) in [6.07, 6.45) is 5.18. The molecule has 2 unspecified atom stereocenters. The zero-order valence-corrected chi connectivity index (χ0v) is 8.19. The van der Waals surface area contributed by atoms with Crippen LogP contribution in [0.3, 0.4) is 0 Å². The van der Waals surface area contributed by atoms with Crippen LogP contribution in [-0.2, 0) is 9.59 Å². The quantitative estimate of drug-likeness (QED) is 0.661. The molecule has 1 aliphatic carbocycles. The van der Waals surface area contributed by atoms with Gasteiger partial charge in [0, 0.05) is 18.2 Å². The number of carboxylic acids is 1. The van der Waals surface area contributed by atoms with Gasteiger partial charge in [0.1, 0.15) is 0 Å². The summed E-state index contributed by atoms with van der Waals surface area (Å²) >= 11 is 0. The second-order valence-electron chi connectivity index (χ2n) is 3.69. The number of aliphatic carboxylic acids is 1. The lowest BCUT2D eigenvalue weighted by molar-refractivity contribution is -0.131. The van der Waals surface area contributed by atoms with Crippen molar-refractivity contribution >= 4 is 11.9 Å². The molecule has 0 heterocycles. The van der Waals surface area contributed by atoms with E-state index in [-0.39, 0.29) is 11.9 Å². The molecule has 1 aliphatic rings. The Morgan fingerprint density at radius 3 is 2.57 bits per heavy atom. The molecule has 2 atom stereocenters. The Morgan fingerprint density at radius 2 is 2.07 bits per heavy atom. The second kappa shape index (κ2) is 4.79. The van der Waals surface area contributed by atoms with Gasteiger partial charge in [0.2, 0.25) is 5.91 Å². The second-order valence-corrected chi connectivity index (χ2v) is 3.69. The largest absolute Gasteiger partial charge is 0.478 e. The van der Waals surface area contributed by atoms with Gasteiger partial charge in [0.15, 0.2) is 0 Å². The third-order valence-corrected chi connectivity index (χ3v) is 2.57. The molecular weight excluding hydrogens is 182 g/mol. The van der Waals surface area contributed by atoms with Crippen molar-refractivity contribution in [2.45, 2.75) is 32.2 Å². The van der Waals surface area contributed by atoms with Crippen molar-refractivity contribution in [2.24, 2.45) is 5.92 Å². The topological polar surface area (TPSA) is 66.4 Å². The Labute approximate surface area is 83.0 Å². The summed E-state index contributed by atoms with van der Waals surface area (Å²) in [6.45, 7) is 2.10. The zero-order chi connectivity index (χ0) is 10.6. The lowest BCUT2D eigenvalue weighted by Gasteiger charge is -2.15. The number of carbonyl (C=O) groups is 2. The SMILES string of the molecule is CC1CCCC1NC(=O)/C=C\C(=O)O. The van der Waals surface area contributed by atoms with Gasteiger partial charge in [-0.05, 0) is 18.8 Å². The standard InChI is InChI=1S/C10H15NO3/c1-7-3-2-4-8(7)11-9(12)5-6-10(13)14/h5-8H,2-4H2,1H3,(H,11,12)(H,13,14)/b6-5-. The lowest BCUT2D eigenvalue weighted by Crippen LogP contribution is -2.35. The minimum Gasteiger partial charge on any atom is -0.478 e. The van der Waals surface area contributed by atoms with Gasteiger partial charge in [0.05, 0.1) is 0 Å². The first-order chi connectivity index (χ1) is 6.59. The summed E-state index contributed by atoms with van der Waals surface area (Å²) in [5, 5.41) is 11.1. The molecule has 0 aliphatic heterocycles. The number of rotatable bonds is 3. The number of amides is 1. The highest BCUT2D eigenvalue weighted by Crippen LogP contribution is 2.24. The molecule has 2 N–H and O–H groups in total. The molecule has 0 aromatic rings. The van der Waals surface area contributed by atoms with E-state index in [1.165, 1.54) is 0 Å². The van der Waals surface area contributed by atoms with E-state index in [1.54, 1.807) is 0 Å². The molecule has 0 aromatic heterocycles. The van der Waals surface area contributed by atoms with Gasteiger partial charge in [-0.25, -0.2) is 4.79 Å². The summed E-state index contributed by atoms with van der Waals surface area (Å²) in [6, 6.07) is 0.209. The molecule has 1 fully saturated rings. The smallest absolute Gasteiger partial charge is 0.328 e. The molecule has 0 aromatic carbocycles. The van der Waals surface area contributed by atoms with Gasteiger partial charge in [-0.2, -0.15) is 0 Å². The molecule has 0 spiro atoms. The lowest BCUT2D eigenvalue weighted by atomic mass is 10.1. The summed E-state index contributed by atoms with van der Waals surface area (Å²) in [5.41, 5.74) is 0. The minimum absolute atomic E-state index is 0.209. The van der Waals surface area contributed by atoms with Crippen LogP contribution >= 0.6 is 0 Å². The first-order valence-corrected chi connectivity index (χ1v) is 4.81. The van der Waals surface area contributed by atoms with Gasteiger partial charge in [-0.3, -0.25) is 4.79 Å². The Kier molecular flexibility index (Phi) is 3.68. The van der Waals surface area contributed by atoms with Gasteiger partial charge in [-0.15, -0.1) is 0 Å². The maximum Gasteiger partial charge on any atom is 0.328 e. The minimum atomic E-state index is -1.10. The van der Waals surface area contributed by atoms with Crippen LogP contribution < -0.4 is 5.32 Å². The molecule has 1 saturated carbocycles. The third kappa shape index (κ3) is 3.20. The van der Waals surface area contributed by atoms with Crippen molar-refractivity contribution in [2.75, 3.05) is 0 Å². The molecule has 78 valence electrons. The molecule has 4 nitrogen and oxygen atoms in total. The maximum absolute atomic E-state index is 11.2. The monoisotopic (exact) mass is 197 g/mol. The molecule has 14 heavy (non-hydrogen) atoms. The highest BCUT2D eigenvalue weighted by atomic mass is 16.4. The van der Waals surface area contributed by atoms with Gasteiger partial charge in [0.25, 0.3) is 0 Å². The van der Waals surface area contributed by atoms with Crippen LogP contribution in [0.15, 0.2) is 12.2 Å². The fraction of sp³-hybridized carbons (Fsp3) is 0.600. The Morgan fingerprint density at radius 1 is 1.36 bits per heavy atom. The van der Waals surface area contributed by atoms with Crippen molar-refractivity contribution in [3.8, 4) is 0 Å². The normalized spacial score (nSPS) is 26.6. The van der Waals surface area contributed by atoms with Crippen LogP contribution in [0, 0.1) is 5.92 Å². The average molecular weight is 197 g/mol. The Balaban J connectivity index is 2.36. The number of hydrogen-bond acceptors (Lipinski definition) is 2. The number of nitrogens with one attached hydrogen (secondary N) is 1. The van der Waals surface area contributed by atoms with E-state index in [1.807, 2.05) is 0 Å². The van der Waals surface area contributed by atoms with E-state index in [4.69, 9.17) is 5.11 Å². The number of carboxylic acid groups (broad SMARTS) is 1. The van der Waals surface area contributed by atoms with Gasteiger partial charge in [-0.1, -0.05) is 13.3 Å². The van der Waals surface area contributed by atoms with Crippen molar-refractivity contribution in [1.82, 2.24) is 5.32 Å². The van der Waals surface area contributed by atoms with Crippen LogP contribution in [0.4, 0.5) is 0 Å². The van der Waals surface area contributed by atoms with Crippen LogP contribution in [-0.4, -0.2) is 23.0 Å². The van der Waals surface area contributed by atoms with E-state index in [0.717, 1.165) is 31.4 Å². The molecule has 1 amide bonds. The fourth-order valence-electron chi connectivity index (χ4n) is 1.74. The summed E-state index contributed by atoms with van der Waals surface area (Å²) in [4.78, 5) is 21.3. The van der Waals surface area contributed by atoms with E-state index < -0.39 is 5.97 Å². The summed E-state index contributed by atoms with van der Waals surface area (Å²) in [5.74, 6) is -0.914. The summed E-state index contributed by atoms with van der Waals surface area (Å²) < 4.78 is 0. The third-order valence-electron chi connectivity index (χ3n) is 2.57. The van der Waals surface area contributed by atoms with Crippen molar-refractivity contribution in [3.05, 3.63) is 12.2 Å². The number of hydrogen-bond donors (Lipinski definition) is 2. The summed E-state index contributed by atoms with van der Waals surface area (Å²) in [7, 11) is 0. The predicted molar refractivity (Wildman–Crippen MR) is 51.7 cm³/mol. The Bertz CT molecular complexity index is 260. The fourth-order valence-corrected chi connectivity index (χ4v) is 1.74. The highest BCUT2D eigenvalue weighted by Gasteiger charge is 2.23. The predicted octanol–water partition coefficient (Wildman–Crippen LogP) is 0.932. The molecule has 0 radical (unpaired) electrons. The average Bonchev–Trinajstić information content (AvgIpc) is 2.49. The molecular formula is C10H15NO3. The van der Waals surface area contributed by atoms with E-state index in [0.29, 0.717) is 5.92 Å². The zero-order valence-electron chi connectivity index (χ0n) is 8.19. The maximum atomic E-state index is 11.2. The van der Waals surface area contributed by atoms with Crippen molar-refractivity contribution in [1.29, 1.82) is 0 Å². The van der Waals surface area contributed by atoms with Crippen molar-refractivity contribution in [3.63, 3.8) is 0 Å². The van der Waals surface area contributed by atoms with Crippen LogP contribution in [0.25, 0.3) is 0 Å². The molecule has 1 rings (SSSR count). The molecule has 0 saturated heterocycles. The van der Waals surface area contributed by atoms with E-state index in [2.05, 4.69) is 12.2 Å². The van der Waals surface area contributed by atoms with Crippen LogP contribution in [0.2, 0.25) is 0 Å². The highest BCUT2D eigenvalue weighted by molar-refractivity contribution is 5.94. The first-order valence-electron chi connectivity index (χ1n) is 4.81. The van der Waals surface area contributed by atoms with E-state index >= 15 is 0 Å².